The van der Waals surface area contributed by atoms with Crippen molar-refractivity contribution in [1.82, 2.24) is 4.90 Å². The molecule has 0 radical (unpaired) electrons. The number of likely N-dealkylation sites (N-methyl/N-ethyl adjacent to an activating group) is 1. The zero-order valence-electron chi connectivity index (χ0n) is 14.9. The summed E-state index contributed by atoms with van der Waals surface area (Å²) < 4.78 is 5.46. The van der Waals surface area contributed by atoms with Crippen LogP contribution in [0.3, 0.4) is 0 Å². The summed E-state index contributed by atoms with van der Waals surface area (Å²) >= 11 is 6.00. The lowest BCUT2D eigenvalue weighted by Gasteiger charge is -2.24. The Morgan fingerprint density at radius 3 is 2.44 bits per heavy atom. The molecule has 1 amide bonds. The first-order chi connectivity index (χ1) is 11.8. The van der Waals surface area contributed by atoms with Gasteiger partial charge in [-0.15, -0.1) is 0 Å². The van der Waals surface area contributed by atoms with Crippen molar-refractivity contribution in [2.75, 3.05) is 13.7 Å². The van der Waals surface area contributed by atoms with Crippen LogP contribution in [0.1, 0.15) is 28.4 Å². The number of carbonyl (C=O) groups excluding carboxylic acids is 2. The number of ether oxygens (including phenoxy) is 1. The fourth-order valence-electron chi connectivity index (χ4n) is 2.33. The van der Waals surface area contributed by atoms with Crippen LogP contribution in [0.5, 0.6) is 5.75 Å². The molecule has 0 spiro atoms. The summed E-state index contributed by atoms with van der Waals surface area (Å²) in [6.45, 7) is 5.49. The van der Waals surface area contributed by atoms with Crippen molar-refractivity contribution in [3.8, 4) is 5.75 Å². The largest absolute Gasteiger partial charge is 0.482 e. The van der Waals surface area contributed by atoms with Gasteiger partial charge in [0.1, 0.15) is 5.75 Å². The number of amides is 1. The first-order valence-corrected chi connectivity index (χ1v) is 8.43. The van der Waals surface area contributed by atoms with E-state index in [1.807, 2.05) is 26.0 Å². The zero-order valence-corrected chi connectivity index (χ0v) is 15.6. The van der Waals surface area contributed by atoms with E-state index in [0.29, 0.717) is 16.3 Å². The fraction of sp³-hybridized carbons (Fsp3) is 0.300. The van der Waals surface area contributed by atoms with Crippen molar-refractivity contribution >= 4 is 23.3 Å². The molecule has 0 aliphatic rings. The lowest BCUT2D eigenvalue weighted by atomic mass is 10.00. The Bertz CT molecular complexity index is 788. The topological polar surface area (TPSA) is 46.6 Å². The Hall–Kier alpha value is -2.33. The molecule has 1 unspecified atom stereocenters. The van der Waals surface area contributed by atoms with Gasteiger partial charge in [0.05, 0.1) is 11.1 Å². The van der Waals surface area contributed by atoms with Crippen molar-refractivity contribution in [2.45, 2.75) is 26.8 Å². The third-order valence-electron chi connectivity index (χ3n) is 4.33. The molecule has 0 saturated carbocycles. The third-order valence-corrected chi connectivity index (χ3v) is 4.65. The minimum Gasteiger partial charge on any atom is -0.482 e. The summed E-state index contributed by atoms with van der Waals surface area (Å²) in [5, 5.41) is 0.442. The average Bonchev–Trinajstić information content (AvgIpc) is 2.61. The number of nitrogens with zero attached hydrogens (tertiary/aromatic N) is 1. The maximum Gasteiger partial charge on any atom is 0.260 e. The minimum absolute atomic E-state index is 0.100. The Balaban J connectivity index is 2.01. The molecule has 0 aliphatic heterocycles. The normalized spacial score (nSPS) is 11.7. The molecular weight excluding hydrogens is 338 g/mol. The molecule has 25 heavy (non-hydrogen) atoms. The molecule has 0 aromatic heterocycles. The van der Waals surface area contributed by atoms with E-state index in [0.717, 1.165) is 11.1 Å². The number of hydrogen-bond acceptors (Lipinski definition) is 3. The van der Waals surface area contributed by atoms with Gasteiger partial charge in [-0.05, 0) is 50.1 Å². The summed E-state index contributed by atoms with van der Waals surface area (Å²) in [5.41, 5.74) is 2.78. The quantitative estimate of drug-likeness (QED) is 0.730. The first kappa shape index (κ1) is 19.0. The molecular formula is C20H22ClNO3. The summed E-state index contributed by atoms with van der Waals surface area (Å²) in [6.07, 6.45) is 0. The van der Waals surface area contributed by atoms with Gasteiger partial charge < -0.3 is 9.64 Å². The van der Waals surface area contributed by atoms with Gasteiger partial charge in [0.15, 0.2) is 12.4 Å². The zero-order chi connectivity index (χ0) is 18.6. The van der Waals surface area contributed by atoms with Crippen LogP contribution in [-0.2, 0) is 4.79 Å². The van der Waals surface area contributed by atoms with Crippen molar-refractivity contribution < 1.29 is 14.3 Å². The van der Waals surface area contributed by atoms with E-state index in [1.54, 1.807) is 44.3 Å². The van der Waals surface area contributed by atoms with Crippen LogP contribution in [0, 0.1) is 13.8 Å². The molecule has 1 atom stereocenters. The number of benzene rings is 2. The van der Waals surface area contributed by atoms with E-state index in [9.17, 15) is 9.59 Å². The Labute approximate surface area is 153 Å². The highest BCUT2D eigenvalue weighted by Crippen LogP contribution is 2.23. The summed E-state index contributed by atoms with van der Waals surface area (Å²) in [7, 11) is 1.60. The maximum absolute atomic E-state index is 12.6. The van der Waals surface area contributed by atoms with E-state index in [1.165, 1.54) is 4.90 Å². The monoisotopic (exact) mass is 359 g/mol. The van der Waals surface area contributed by atoms with Gasteiger partial charge in [-0.1, -0.05) is 35.9 Å². The first-order valence-electron chi connectivity index (χ1n) is 8.05. The lowest BCUT2D eigenvalue weighted by Crippen LogP contribution is -2.42. The van der Waals surface area contributed by atoms with Crippen LogP contribution in [0.25, 0.3) is 0 Å². The van der Waals surface area contributed by atoms with Gasteiger partial charge in [0, 0.05) is 12.6 Å². The molecule has 0 aliphatic carbocycles. The Morgan fingerprint density at radius 2 is 1.80 bits per heavy atom. The summed E-state index contributed by atoms with van der Waals surface area (Å²) in [6, 6.07) is 11.9. The van der Waals surface area contributed by atoms with Crippen LogP contribution >= 0.6 is 11.6 Å². The van der Waals surface area contributed by atoms with Crippen LogP contribution in [0.15, 0.2) is 42.5 Å². The predicted molar refractivity (Wildman–Crippen MR) is 99.4 cm³/mol. The Kier molecular flexibility index (Phi) is 6.21. The van der Waals surface area contributed by atoms with Gasteiger partial charge in [0.25, 0.3) is 5.91 Å². The number of hydrogen-bond donors (Lipinski definition) is 0. The van der Waals surface area contributed by atoms with Crippen molar-refractivity contribution in [1.29, 1.82) is 0 Å². The van der Waals surface area contributed by atoms with E-state index >= 15 is 0 Å². The molecule has 0 fully saturated rings. The average molecular weight is 360 g/mol. The summed E-state index contributed by atoms with van der Waals surface area (Å²) in [5.74, 6) is 0.0559. The Morgan fingerprint density at radius 1 is 1.12 bits per heavy atom. The van der Waals surface area contributed by atoms with E-state index in [-0.39, 0.29) is 18.3 Å². The van der Waals surface area contributed by atoms with Gasteiger partial charge in [0.2, 0.25) is 0 Å². The number of Topliss-reactive ketones (excluding diaryl/α,β-unsaturated/α-hetero) is 1. The van der Waals surface area contributed by atoms with Crippen LogP contribution in [0.4, 0.5) is 0 Å². The third kappa shape index (κ3) is 4.60. The molecule has 132 valence electrons. The second kappa shape index (κ2) is 8.17. The van der Waals surface area contributed by atoms with Crippen molar-refractivity contribution in [3.05, 3.63) is 64.2 Å². The van der Waals surface area contributed by atoms with Crippen LogP contribution < -0.4 is 4.74 Å². The van der Waals surface area contributed by atoms with Crippen LogP contribution in [-0.4, -0.2) is 36.3 Å². The van der Waals surface area contributed by atoms with Gasteiger partial charge in [-0.25, -0.2) is 0 Å². The number of rotatable bonds is 6. The highest BCUT2D eigenvalue weighted by Gasteiger charge is 2.24. The number of para-hydroxylation sites is 1. The van der Waals surface area contributed by atoms with Gasteiger partial charge in [-0.3, -0.25) is 9.59 Å². The minimum atomic E-state index is -0.579. The van der Waals surface area contributed by atoms with E-state index < -0.39 is 6.04 Å². The SMILES string of the molecule is Cc1ccc(C(=O)C(C)N(C)C(=O)COc2ccccc2Cl)cc1C. The molecule has 0 saturated heterocycles. The van der Waals surface area contributed by atoms with Gasteiger partial charge in [-0.2, -0.15) is 0 Å². The number of halogens is 1. The second-order valence-electron chi connectivity index (χ2n) is 6.06. The molecule has 2 aromatic rings. The van der Waals surface area contributed by atoms with Gasteiger partial charge >= 0.3 is 0 Å². The second-order valence-corrected chi connectivity index (χ2v) is 6.47. The van der Waals surface area contributed by atoms with E-state index in [2.05, 4.69) is 0 Å². The summed E-state index contributed by atoms with van der Waals surface area (Å²) in [4.78, 5) is 26.4. The molecule has 2 aromatic carbocycles. The molecule has 5 heteroatoms. The number of aryl methyl sites for hydroxylation is 2. The van der Waals surface area contributed by atoms with E-state index in [4.69, 9.17) is 16.3 Å². The maximum atomic E-state index is 12.6. The standard InChI is InChI=1S/C20H22ClNO3/c1-13-9-10-16(11-14(13)2)20(24)15(3)22(4)19(23)12-25-18-8-6-5-7-17(18)21/h5-11,15H,12H2,1-4H3. The molecule has 2 rings (SSSR count). The van der Waals surface area contributed by atoms with Crippen molar-refractivity contribution in [2.24, 2.45) is 0 Å². The molecule has 0 bridgehead atoms. The fourth-order valence-corrected chi connectivity index (χ4v) is 2.52. The molecule has 0 N–H and O–H groups in total. The smallest absolute Gasteiger partial charge is 0.260 e. The number of ketones is 1. The van der Waals surface area contributed by atoms with Crippen LogP contribution in [0.2, 0.25) is 5.02 Å². The highest BCUT2D eigenvalue weighted by molar-refractivity contribution is 6.32. The number of carbonyl (C=O) groups is 2. The molecule has 4 nitrogen and oxygen atoms in total. The molecule has 0 heterocycles. The lowest BCUT2D eigenvalue weighted by molar-refractivity contribution is -0.133. The van der Waals surface area contributed by atoms with Crippen molar-refractivity contribution in [3.63, 3.8) is 0 Å². The highest BCUT2D eigenvalue weighted by atomic mass is 35.5. The predicted octanol–water partition coefficient (Wildman–Crippen LogP) is 4.07.